The van der Waals surface area contributed by atoms with Gasteiger partial charge in [0.05, 0.1) is 7.11 Å². The maximum Gasteiger partial charge on any atom is 0.257 e. The highest BCUT2D eigenvalue weighted by Gasteiger charge is 2.10. The zero-order chi connectivity index (χ0) is 21.1. The number of hydrogen-bond donors (Lipinski definition) is 4. The standard InChI is InChI=1S/C20H22N4O4S/c1-28-16-9-7-15(8-10-16)19(27)22-20(29)24-23-18(26)12-11-17(25)21-13-14-5-3-2-4-6-14/h2-10H,11-13H2,1H3,(H,21,25)(H,23,26)(H2,22,24,27,29). The Hall–Kier alpha value is -3.46. The Labute approximate surface area is 174 Å². The zero-order valence-corrected chi connectivity index (χ0v) is 16.7. The monoisotopic (exact) mass is 414 g/mol. The average molecular weight is 414 g/mol. The number of carbonyl (C=O) groups is 3. The summed E-state index contributed by atoms with van der Waals surface area (Å²) in [5.74, 6) is -0.470. The summed E-state index contributed by atoms with van der Waals surface area (Å²) in [5.41, 5.74) is 6.13. The van der Waals surface area contributed by atoms with E-state index in [1.165, 1.54) is 7.11 Å². The molecule has 0 aliphatic heterocycles. The first-order valence-corrected chi connectivity index (χ1v) is 9.23. The second-order valence-corrected chi connectivity index (χ2v) is 6.36. The van der Waals surface area contributed by atoms with Crippen LogP contribution in [0.3, 0.4) is 0 Å². The lowest BCUT2D eigenvalue weighted by Gasteiger charge is -2.11. The van der Waals surface area contributed by atoms with Gasteiger partial charge in [-0.15, -0.1) is 0 Å². The van der Waals surface area contributed by atoms with Crippen LogP contribution in [-0.4, -0.2) is 29.9 Å². The molecule has 0 radical (unpaired) electrons. The third kappa shape index (κ3) is 7.97. The minimum atomic E-state index is -0.431. The van der Waals surface area contributed by atoms with E-state index in [4.69, 9.17) is 17.0 Å². The van der Waals surface area contributed by atoms with Gasteiger partial charge in [0.25, 0.3) is 5.91 Å². The highest BCUT2D eigenvalue weighted by molar-refractivity contribution is 7.80. The molecule has 0 fully saturated rings. The molecule has 9 heteroatoms. The molecule has 8 nitrogen and oxygen atoms in total. The molecule has 0 aliphatic carbocycles. The number of hydrogen-bond acceptors (Lipinski definition) is 5. The van der Waals surface area contributed by atoms with Gasteiger partial charge in [-0.2, -0.15) is 0 Å². The minimum Gasteiger partial charge on any atom is -0.497 e. The maximum atomic E-state index is 12.1. The molecule has 0 atom stereocenters. The van der Waals surface area contributed by atoms with Crippen molar-refractivity contribution in [3.05, 3.63) is 65.7 Å². The Bertz CT molecular complexity index is 857. The molecular weight excluding hydrogens is 392 g/mol. The van der Waals surface area contributed by atoms with Gasteiger partial charge >= 0.3 is 0 Å². The van der Waals surface area contributed by atoms with Crippen molar-refractivity contribution >= 4 is 35.1 Å². The molecule has 0 unspecified atom stereocenters. The van der Waals surface area contributed by atoms with Gasteiger partial charge < -0.3 is 10.1 Å². The second kappa shape index (κ2) is 11.4. The highest BCUT2D eigenvalue weighted by Crippen LogP contribution is 2.10. The Kier molecular flexibility index (Phi) is 8.58. The number of ether oxygens (including phenoxy) is 1. The van der Waals surface area contributed by atoms with Crippen molar-refractivity contribution in [1.82, 2.24) is 21.5 Å². The fourth-order valence-electron chi connectivity index (χ4n) is 2.25. The molecule has 2 aromatic carbocycles. The number of carbonyl (C=O) groups excluding carboxylic acids is 3. The summed E-state index contributed by atoms with van der Waals surface area (Å²) in [6.45, 7) is 0.404. The molecule has 152 valence electrons. The summed E-state index contributed by atoms with van der Waals surface area (Å²) in [4.78, 5) is 35.7. The lowest BCUT2D eigenvalue weighted by molar-refractivity contribution is -0.126. The number of thiocarbonyl (C=S) groups is 1. The molecule has 0 aliphatic rings. The Morgan fingerprint density at radius 3 is 2.21 bits per heavy atom. The first-order chi connectivity index (χ1) is 14.0. The normalized spacial score (nSPS) is 9.83. The summed E-state index contributed by atoms with van der Waals surface area (Å²) < 4.78 is 5.03. The molecule has 0 heterocycles. The molecular formula is C20H22N4O4S. The molecule has 3 amide bonds. The molecule has 29 heavy (non-hydrogen) atoms. The lowest BCUT2D eigenvalue weighted by atomic mass is 10.2. The fourth-order valence-corrected chi connectivity index (χ4v) is 2.39. The van der Waals surface area contributed by atoms with Gasteiger partial charge in [0.15, 0.2) is 5.11 Å². The molecule has 0 bridgehead atoms. The van der Waals surface area contributed by atoms with Crippen molar-refractivity contribution < 1.29 is 19.1 Å². The predicted octanol–water partition coefficient (Wildman–Crippen LogP) is 1.43. The minimum absolute atomic E-state index is 0.0251. The third-order valence-electron chi connectivity index (χ3n) is 3.81. The highest BCUT2D eigenvalue weighted by atomic mass is 32.1. The predicted molar refractivity (Wildman–Crippen MR) is 112 cm³/mol. The van der Waals surface area contributed by atoms with E-state index in [1.54, 1.807) is 24.3 Å². The molecule has 4 N–H and O–H groups in total. The van der Waals surface area contributed by atoms with Crippen molar-refractivity contribution in [3.8, 4) is 5.75 Å². The topological polar surface area (TPSA) is 109 Å². The largest absolute Gasteiger partial charge is 0.497 e. The Morgan fingerprint density at radius 2 is 1.55 bits per heavy atom. The van der Waals surface area contributed by atoms with Crippen LogP contribution in [0.2, 0.25) is 0 Å². The molecule has 0 saturated carbocycles. The van der Waals surface area contributed by atoms with Crippen molar-refractivity contribution in [2.24, 2.45) is 0 Å². The number of rotatable bonds is 7. The van der Waals surface area contributed by atoms with Crippen molar-refractivity contribution in [2.45, 2.75) is 19.4 Å². The number of nitrogens with one attached hydrogen (secondary N) is 4. The van der Waals surface area contributed by atoms with E-state index >= 15 is 0 Å². The van der Waals surface area contributed by atoms with Crippen molar-refractivity contribution in [2.75, 3.05) is 7.11 Å². The van der Waals surface area contributed by atoms with Crippen LogP contribution in [-0.2, 0) is 16.1 Å². The first-order valence-electron chi connectivity index (χ1n) is 8.83. The van der Waals surface area contributed by atoms with Crippen LogP contribution in [0.15, 0.2) is 54.6 Å². The van der Waals surface area contributed by atoms with Gasteiger partial charge in [-0.05, 0) is 42.0 Å². The lowest BCUT2D eigenvalue weighted by Crippen LogP contribution is -2.48. The van der Waals surface area contributed by atoms with Crippen molar-refractivity contribution in [1.29, 1.82) is 0 Å². The first kappa shape index (κ1) is 21.8. The van der Waals surface area contributed by atoms with Crippen LogP contribution in [0.1, 0.15) is 28.8 Å². The van der Waals surface area contributed by atoms with E-state index < -0.39 is 11.8 Å². The van der Waals surface area contributed by atoms with Crippen LogP contribution in [0.25, 0.3) is 0 Å². The van der Waals surface area contributed by atoms with Crippen LogP contribution in [0.5, 0.6) is 5.75 Å². The molecule has 2 aromatic rings. The number of benzene rings is 2. The van der Waals surface area contributed by atoms with Crippen LogP contribution < -0.4 is 26.2 Å². The van der Waals surface area contributed by atoms with E-state index in [0.29, 0.717) is 17.9 Å². The second-order valence-electron chi connectivity index (χ2n) is 5.95. The quantitative estimate of drug-likeness (QED) is 0.403. The van der Waals surface area contributed by atoms with Gasteiger partial charge in [-0.25, -0.2) is 0 Å². The van der Waals surface area contributed by atoms with Crippen molar-refractivity contribution in [3.63, 3.8) is 0 Å². The molecule has 0 aromatic heterocycles. The molecule has 0 spiro atoms. The van der Waals surface area contributed by atoms with E-state index in [0.717, 1.165) is 5.56 Å². The van der Waals surface area contributed by atoms with Gasteiger partial charge in [0.2, 0.25) is 11.8 Å². The van der Waals surface area contributed by atoms with Crippen LogP contribution >= 0.6 is 12.2 Å². The van der Waals surface area contributed by atoms with E-state index in [1.807, 2.05) is 30.3 Å². The van der Waals surface area contributed by atoms with E-state index in [9.17, 15) is 14.4 Å². The SMILES string of the molecule is COc1ccc(C(=O)NC(=S)NNC(=O)CCC(=O)NCc2ccccc2)cc1. The summed E-state index contributed by atoms with van der Waals surface area (Å²) >= 11 is 4.97. The average Bonchev–Trinajstić information content (AvgIpc) is 2.75. The van der Waals surface area contributed by atoms with Gasteiger partial charge in [0.1, 0.15) is 5.75 Å². The number of hydrazine groups is 1. The third-order valence-corrected chi connectivity index (χ3v) is 4.01. The van der Waals surface area contributed by atoms with Gasteiger partial charge in [-0.1, -0.05) is 30.3 Å². The molecule has 0 saturated heterocycles. The van der Waals surface area contributed by atoms with Gasteiger partial charge in [-0.3, -0.25) is 30.6 Å². The van der Waals surface area contributed by atoms with Crippen LogP contribution in [0.4, 0.5) is 0 Å². The number of methoxy groups -OCH3 is 1. The number of amides is 3. The summed E-state index contributed by atoms with van der Waals surface area (Å²) in [7, 11) is 1.53. The Morgan fingerprint density at radius 1 is 0.897 bits per heavy atom. The van der Waals surface area contributed by atoms with Gasteiger partial charge in [0, 0.05) is 24.9 Å². The molecule has 2 rings (SSSR count). The summed E-state index contributed by atoms with van der Waals surface area (Å²) in [5, 5.41) is 5.12. The fraction of sp³-hybridized carbons (Fsp3) is 0.200. The summed E-state index contributed by atoms with van der Waals surface area (Å²) in [6, 6.07) is 15.9. The zero-order valence-electron chi connectivity index (χ0n) is 15.9. The van der Waals surface area contributed by atoms with Crippen LogP contribution in [0, 0.1) is 0 Å². The Balaban J connectivity index is 1.64. The van der Waals surface area contributed by atoms with E-state index in [2.05, 4.69) is 21.5 Å². The summed E-state index contributed by atoms with van der Waals surface area (Å²) in [6.07, 6.45) is 0.00792. The van der Waals surface area contributed by atoms with E-state index in [-0.39, 0.29) is 23.9 Å². The maximum absolute atomic E-state index is 12.1. The smallest absolute Gasteiger partial charge is 0.257 e.